The van der Waals surface area contributed by atoms with Crippen LogP contribution in [0.3, 0.4) is 0 Å². The summed E-state index contributed by atoms with van der Waals surface area (Å²) in [6.45, 7) is 1.90. The summed E-state index contributed by atoms with van der Waals surface area (Å²) in [5.74, 6) is -0.0692. The summed E-state index contributed by atoms with van der Waals surface area (Å²) in [7, 11) is 0. The predicted octanol–water partition coefficient (Wildman–Crippen LogP) is 1.60. The van der Waals surface area contributed by atoms with Crippen LogP contribution in [-0.2, 0) is 0 Å². The number of nitrogens with zero attached hydrogens (tertiary/aromatic N) is 2. The Bertz CT molecular complexity index is 485. The minimum absolute atomic E-state index is 0.0692. The minimum Gasteiger partial charge on any atom is -0.368 e. The number of nitrogens with two attached hydrogens (primary N) is 1. The zero-order valence-corrected chi connectivity index (χ0v) is 8.44. The van der Waals surface area contributed by atoms with Crippen LogP contribution in [0.4, 0.5) is 0 Å². The van der Waals surface area contributed by atoms with E-state index < -0.39 is 0 Å². The molecule has 2 aromatic rings. The van der Waals surface area contributed by atoms with Crippen molar-refractivity contribution in [1.82, 2.24) is 9.78 Å². The normalized spacial score (nSPS) is 10.2. The SMILES string of the molecule is Cc1nn(C(=N)N)cc1-c1ccccc1. The van der Waals surface area contributed by atoms with Gasteiger partial charge in [0.05, 0.1) is 5.69 Å². The maximum absolute atomic E-state index is 7.29. The van der Waals surface area contributed by atoms with E-state index in [0.717, 1.165) is 16.8 Å². The van der Waals surface area contributed by atoms with Gasteiger partial charge in [-0.3, -0.25) is 5.41 Å². The molecule has 0 spiro atoms. The molecule has 0 saturated carbocycles. The van der Waals surface area contributed by atoms with Gasteiger partial charge in [0.1, 0.15) is 0 Å². The van der Waals surface area contributed by atoms with Crippen molar-refractivity contribution >= 4 is 5.96 Å². The second-order valence-corrected chi connectivity index (χ2v) is 3.32. The van der Waals surface area contributed by atoms with Crippen LogP contribution in [-0.4, -0.2) is 15.7 Å². The molecule has 0 fully saturated rings. The van der Waals surface area contributed by atoms with Crippen LogP contribution in [0, 0.1) is 12.3 Å². The first-order valence-corrected chi connectivity index (χ1v) is 4.64. The molecule has 1 aromatic carbocycles. The fourth-order valence-electron chi connectivity index (χ4n) is 1.48. The number of rotatable bonds is 1. The summed E-state index contributed by atoms with van der Waals surface area (Å²) >= 11 is 0. The fourth-order valence-corrected chi connectivity index (χ4v) is 1.48. The smallest absolute Gasteiger partial charge is 0.213 e. The summed E-state index contributed by atoms with van der Waals surface area (Å²) in [6, 6.07) is 9.93. The van der Waals surface area contributed by atoms with Gasteiger partial charge in [-0.1, -0.05) is 30.3 Å². The molecule has 1 heterocycles. The maximum atomic E-state index is 7.29. The van der Waals surface area contributed by atoms with Gasteiger partial charge in [-0.05, 0) is 12.5 Å². The Morgan fingerprint density at radius 2 is 2.00 bits per heavy atom. The number of aryl methyl sites for hydroxylation is 1. The molecule has 0 bridgehead atoms. The van der Waals surface area contributed by atoms with Crippen molar-refractivity contribution in [3.05, 3.63) is 42.2 Å². The number of nitrogens with one attached hydrogen (secondary N) is 1. The van der Waals surface area contributed by atoms with Gasteiger partial charge in [0.2, 0.25) is 5.96 Å². The Kier molecular flexibility index (Phi) is 2.25. The third-order valence-electron chi connectivity index (χ3n) is 2.23. The van der Waals surface area contributed by atoms with Crippen LogP contribution in [0.5, 0.6) is 0 Å². The molecule has 0 aliphatic rings. The zero-order chi connectivity index (χ0) is 10.8. The number of benzene rings is 1. The minimum atomic E-state index is -0.0692. The van der Waals surface area contributed by atoms with Crippen molar-refractivity contribution in [2.24, 2.45) is 5.73 Å². The molecule has 0 amide bonds. The number of hydrogen-bond acceptors (Lipinski definition) is 2. The summed E-state index contributed by atoms with van der Waals surface area (Å²) < 4.78 is 1.37. The van der Waals surface area contributed by atoms with E-state index in [1.54, 1.807) is 6.20 Å². The van der Waals surface area contributed by atoms with E-state index in [9.17, 15) is 0 Å². The maximum Gasteiger partial charge on any atom is 0.213 e. The molecule has 4 heteroatoms. The molecule has 0 aliphatic heterocycles. The van der Waals surface area contributed by atoms with Crippen molar-refractivity contribution in [3.63, 3.8) is 0 Å². The molecule has 2 rings (SSSR count). The molecular weight excluding hydrogens is 188 g/mol. The van der Waals surface area contributed by atoms with E-state index in [1.165, 1.54) is 4.68 Å². The van der Waals surface area contributed by atoms with Crippen molar-refractivity contribution < 1.29 is 0 Å². The van der Waals surface area contributed by atoms with Gasteiger partial charge in [0, 0.05) is 11.8 Å². The molecule has 0 aliphatic carbocycles. The first-order chi connectivity index (χ1) is 7.18. The molecule has 0 radical (unpaired) electrons. The van der Waals surface area contributed by atoms with Crippen LogP contribution in [0.25, 0.3) is 11.1 Å². The van der Waals surface area contributed by atoms with E-state index in [2.05, 4.69) is 5.10 Å². The lowest BCUT2D eigenvalue weighted by molar-refractivity contribution is 0.892. The molecule has 1 aromatic heterocycles. The summed E-state index contributed by atoms with van der Waals surface area (Å²) in [5.41, 5.74) is 8.32. The van der Waals surface area contributed by atoms with Crippen LogP contribution >= 0.6 is 0 Å². The summed E-state index contributed by atoms with van der Waals surface area (Å²) in [6.07, 6.45) is 1.77. The Hall–Kier alpha value is -2.10. The van der Waals surface area contributed by atoms with Crippen molar-refractivity contribution in [2.45, 2.75) is 6.92 Å². The predicted molar refractivity (Wildman–Crippen MR) is 59.7 cm³/mol. The van der Waals surface area contributed by atoms with Crippen LogP contribution in [0.15, 0.2) is 36.5 Å². The van der Waals surface area contributed by atoms with Crippen LogP contribution in [0.2, 0.25) is 0 Å². The third kappa shape index (κ3) is 1.74. The quantitative estimate of drug-likeness (QED) is 0.542. The number of nitrogen functional groups attached to an aromatic ring is 1. The lowest BCUT2D eigenvalue weighted by atomic mass is 10.1. The first kappa shape index (κ1) is 9.45. The van der Waals surface area contributed by atoms with E-state index in [4.69, 9.17) is 11.1 Å². The average Bonchev–Trinajstić information content (AvgIpc) is 2.62. The average molecular weight is 200 g/mol. The Labute approximate surface area is 87.9 Å². The molecular formula is C11H12N4. The van der Waals surface area contributed by atoms with Crippen molar-refractivity contribution in [3.8, 4) is 11.1 Å². The van der Waals surface area contributed by atoms with Gasteiger partial charge in [-0.15, -0.1) is 0 Å². The Morgan fingerprint density at radius 1 is 1.33 bits per heavy atom. The second kappa shape index (κ2) is 3.57. The molecule has 0 atom stereocenters. The molecule has 4 nitrogen and oxygen atoms in total. The standard InChI is InChI=1S/C11H12N4/c1-8-10(7-15(14-8)11(12)13)9-5-3-2-4-6-9/h2-7H,1H3,(H3,12,13). The monoisotopic (exact) mass is 200 g/mol. The number of hydrogen-bond donors (Lipinski definition) is 2. The second-order valence-electron chi connectivity index (χ2n) is 3.32. The van der Waals surface area contributed by atoms with Gasteiger partial charge >= 0.3 is 0 Å². The van der Waals surface area contributed by atoms with Gasteiger partial charge in [0.15, 0.2) is 0 Å². The van der Waals surface area contributed by atoms with Gasteiger partial charge in [-0.25, -0.2) is 4.68 Å². The highest BCUT2D eigenvalue weighted by Gasteiger charge is 2.07. The van der Waals surface area contributed by atoms with E-state index in [0.29, 0.717) is 0 Å². The van der Waals surface area contributed by atoms with Crippen molar-refractivity contribution in [1.29, 1.82) is 5.41 Å². The van der Waals surface area contributed by atoms with E-state index >= 15 is 0 Å². The highest BCUT2D eigenvalue weighted by atomic mass is 15.3. The largest absolute Gasteiger partial charge is 0.368 e. The summed E-state index contributed by atoms with van der Waals surface area (Å²) in [4.78, 5) is 0. The van der Waals surface area contributed by atoms with Gasteiger partial charge in [-0.2, -0.15) is 5.10 Å². The molecule has 0 unspecified atom stereocenters. The molecule has 3 N–H and O–H groups in total. The van der Waals surface area contributed by atoms with Gasteiger partial charge < -0.3 is 5.73 Å². The fraction of sp³-hybridized carbons (Fsp3) is 0.0909. The Balaban J connectivity index is 2.50. The third-order valence-corrected chi connectivity index (χ3v) is 2.23. The van der Waals surface area contributed by atoms with E-state index in [-0.39, 0.29) is 5.96 Å². The zero-order valence-electron chi connectivity index (χ0n) is 8.44. The van der Waals surface area contributed by atoms with Crippen LogP contribution in [0.1, 0.15) is 5.69 Å². The Morgan fingerprint density at radius 3 is 2.53 bits per heavy atom. The molecule has 15 heavy (non-hydrogen) atoms. The van der Waals surface area contributed by atoms with Crippen LogP contribution < -0.4 is 5.73 Å². The lowest BCUT2D eigenvalue weighted by Crippen LogP contribution is -2.20. The topological polar surface area (TPSA) is 67.7 Å². The van der Waals surface area contributed by atoms with Gasteiger partial charge in [0.25, 0.3) is 0 Å². The number of aromatic nitrogens is 2. The van der Waals surface area contributed by atoms with E-state index in [1.807, 2.05) is 37.3 Å². The first-order valence-electron chi connectivity index (χ1n) is 4.64. The molecule has 76 valence electrons. The summed E-state index contributed by atoms with van der Waals surface area (Å²) in [5, 5.41) is 11.4. The van der Waals surface area contributed by atoms with Crippen molar-refractivity contribution in [2.75, 3.05) is 0 Å². The highest BCUT2D eigenvalue weighted by Crippen LogP contribution is 2.21. The molecule has 0 saturated heterocycles. The lowest BCUT2D eigenvalue weighted by Gasteiger charge is -1.96. The highest BCUT2D eigenvalue weighted by molar-refractivity contribution is 5.78.